The third-order valence-electron chi connectivity index (χ3n) is 3.55. The molecule has 3 heteroatoms. The molecule has 0 bridgehead atoms. The van der Waals surface area contributed by atoms with E-state index in [2.05, 4.69) is 12.2 Å². The Kier molecular flexibility index (Phi) is 4.61. The maximum absolute atomic E-state index is 13.8. The van der Waals surface area contributed by atoms with Gasteiger partial charge in [0.25, 0.3) is 0 Å². The fourth-order valence-electron chi connectivity index (χ4n) is 2.48. The number of rotatable bonds is 5. The Morgan fingerprint density at radius 1 is 1.15 bits per heavy atom. The molecule has 1 N–H and O–H groups in total. The number of hydrogen-bond acceptors (Lipinski definition) is 2. The lowest BCUT2D eigenvalue weighted by molar-refractivity contribution is 0.443. The summed E-state index contributed by atoms with van der Waals surface area (Å²) in [5.74, 6) is 0.781. The summed E-state index contributed by atoms with van der Waals surface area (Å²) in [7, 11) is 0. The van der Waals surface area contributed by atoms with Gasteiger partial charge in [0, 0.05) is 0 Å². The van der Waals surface area contributed by atoms with Crippen LogP contribution in [0.3, 0.4) is 0 Å². The van der Waals surface area contributed by atoms with Crippen molar-refractivity contribution in [3.63, 3.8) is 0 Å². The van der Waals surface area contributed by atoms with Gasteiger partial charge in [0.2, 0.25) is 0 Å². The van der Waals surface area contributed by atoms with Crippen LogP contribution < -0.4 is 5.32 Å². The molecular weight excluding hydrogens is 253 g/mol. The van der Waals surface area contributed by atoms with Gasteiger partial charge in [-0.25, -0.2) is 4.39 Å². The predicted octanol–water partition coefficient (Wildman–Crippen LogP) is 4.43. The van der Waals surface area contributed by atoms with Crippen molar-refractivity contribution < 1.29 is 8.81 Å². The predicted molar refractivity (Wildman–Crippen MR) is 79.5 cm³/mol. The maximum atomic E-state index is 13.8. The molecule has 1 heterocycles. The van der Waals surface area contributed by atoms with Gasteiger partial charge in [0.1, 0.15) is 11.6 Å². The van der Waals surface area contributed by atoms with E-state index in [0.717, 1.165) is 29.9 Å². The first-order valence-corrected chi connectivity index (χ1v) is 7.08. The molecule has 108 valence electrons. The molecule has 1 unspecified atom stereocenters. The summed E-state index contributed by atoms with van der Waals surface area (Å²) in [6, 6.07) is 5.73. The van der Waals surface area contributed by atoms with Crippen molar-refractivity contribution in [2.45, 2.75) is 40.2 Å². The van der Waals surface area contributed by atoms with Crippen LogP contribution in [0.25, 0.3) is 0 Å². The van der Waals surface area contributed by atoms with Crippen molar-refractivity contribution in [2.75, 3.05) is 6.54 Å². The second kappa shape index (κ2) is 6.23. The van der Waals surface area contributed by atoms with Crippen LogP contribution in [0, 0.1) is 26.6 Å². The molecule has 0 radical (unpaired) electrons. The maximum Gasteiger partial charge on any atom is 0.129 e. The van der Waals surface area contributed by atoms with Crippen LogP contribution in [0.1, 0.15) is 47.4 Å². The molecule has 1 aromatic heterocycles. The molecule has 0 spiro atoms. The minimum Gasteiger partial charge on any atom is -0.467 e. The molecular formula is C17H22FNO. The summed E-state index contributed by atoms with van der Waals surface area (Å²) in [5.41, 5.74) is 3.51. The van der Waals surface area contributed by atoms with Crippen LogP contribution >= 0.6 is 0 Å². The number of hydrogen-bond donors (Lipinski definition) is 1. The number of halogens is 1. The third kappa shape index (κ3) is 2.93. The molecule has 2 rings (SSSR count). The van der Waals surface area contributed by atoms with Crippen molar-refractivity contribution in [2.24, 2.45) is 0 Å². The first-order valence-electron chi connectivity index (χ1n) is 7.08. The summed E-state index contributed by atoms with van der Waals surface area (Å²) in [5, 5.41) is 3.49. The zero-order valence-electron chi connectivity index (χ0n) is 12.6. The van der Waals surface area contributed by atoms with Crippen LogP contribution in [-0.2, 0) is 0 Å². The minimum absolute atomic E-state index is 0.0250. The van der Waals surface area contributed by atoms with Crippen molar-refractivity contribution in [1.29, 1.82) is 0 Å². The fraction of sp³-hybridized carbons (Fsp3) is 0.412. The number of nitrogens with one attached hydrogen (secondary N) is 1. The summed E-state index contributed by atoms with van der Waals surface area (Å²) < 4.78 is 19.4. The van der Waals surface area contributed by atoms with E-state index in [-0.39, 0.29) is 11.9 Å². The topological polar surface area (TPSA) is 25.2 Å². The zero-order valence-corrected chi connectivity index (χ0v) is 12.6. The Balaban J connectivity index is 2.44. The molecule has 20 heavy (non-hydrogen) atoms. The van der Waals surface area contributed by atoms with Gasteiger partial charge in [0.05, 0.1) is 12.3 Å². The van der Waals surface area contributed by atoms with Crippen molar-refractivity contribution in [1.82, 2.24) is 5.32 Å². The summed E-state index contributed by atoms with van der Waals surface area (Å²) in [6.45, 7) is 8.65. The van der Waals surface area contributed by atoms with Gasteiger partial charge in [-0.1, -0.05) is 19.1 Å². The van der Waals surface area contributed by atoms with E-state index in [9.17, 15) is 4.39 Å². The smallest absolute Gasteiger partial charge is 0.129 e. The fourth-order valence-corrected chi connectivity index (χ4v) is 2.48. The van der Waals surface area contributed by atoms with Crippen LogP contribution in [0.2, 0.25) is 0 Å². The highest BCUT2D eigenvalue weighted by atomic mass is 19.1. The molecule has 0 aliphatic rings. The highest BCUT2D eigenvalue weighted by Crippen LogP contribution is 2.28. The summed E-state index contributed by atoms with van der Waals surface area (Å²) in [4.78, 5) is 0. The first kappa shape index (κ1) is 14.8. The van der Waals surface area contributed by atoms with E-state index in [1.807, 2.05) is 25.1 Å². The number of aryl methyl sites for hydroxylation is 3. The van der Waals surface area contributed by atoms with Crippen molar-refractivity contribution in [3.8, 4) is 0 Å². The van der Waals surface area contributed by atoms with Crippen LogP contribution in [0.15, 0.2) is 28.9 Å². The Labute approximate surface area is 120 Å². The lowest BCUT2D eigenvalue weighted by atomic mass is 9.97. The highest BCUT2D eigenvalue weighted by Gasteiger charge is 2.20. The SMILES string of the molecule is CCCNC(c1cc(C)c(F)c(C)c1)c1occc1C. The lowest BCUT2D eigenvalue weighted by Gasteiger charge is -2.19. The van der Waals surface area contributed by atoms with Gasteiger partial charge in [-0.2, -0.15) is 0 Å². The molecule has 0 saturated heterocycles. The Morgan fingerprint density at radius 2 is 1.80 bits per heavy atom. The molecule has 2 aromatic rings. The third-order valence-corrected chi connectivity index (χ3v) is 3.55. The quantitative estimate of drug-likeness (QED) is 0.873. The van der Waals surface area contributed by atoms with E-state index >= 15 is 0 Å². The Hall–Kier alpha value is -1.61. The summed E-state index contributed by atoms with van der Waals surface area (Å²) >= 11 is 0. The van der Waals surface area contributed by atoms with E-state index in [0.29, 0.717) is 11.1 Å². The second-order valence-corrected chi connectivity index (χ2v) is 5.32. The van der Waals surface area contributed by atoms with Gasteiger partial charge in [0.15, 0.2) is 0 Å². The van der Waals surface area contributed by atoms with Gasteiger partial charge < -0.3 is 9.73 Å². The monoisotopic (exact) mass is 275 g/mol. The zero-order chi connectivity index (χ0) is 14.7. The first-order chi connectivity index (χ1) is 9.54. The lowest BCUT2D eigenvalue weighted by Crippen LogP contribution is -2.23. The van der Waals surface area contributed by atoms with E-state index < -0.39 is 0 Å². The number of benzene rings is 1. The molecule has 1 atom stereocenters. The van der Waals surface area contributed by atoms with Gasteiger partial charge in [-0.3, -0.25) is 0 Å². The molecule has 0 saturated carbocycles. The molecule has 0 aliphatic heterocycles. The van der Waals surface area contributed by atoms with E-state index in [1.54, 1.807) is 20.1 Å². The summed E-state index contributed by atoms with van der Waals surface area (Å²) in [6.07, 6.45) is 2.74. The molecule has 1 aromatic carbocycles. The minimum atomic E-state index is -0.126. The number of furan rings is 1. The average Bonchev–Trinajstić information content (AvgIpc) is 2.83. The molecule has 0 aliphatic carbocycles. The Bertz CT molecular complexity index is 565. The van der Waals surface area contributed by atoms with Crippen molar-refractivity contribution >= 4 is 0 Å². The molecule has 0 amide bonds. The molecule has 0 fully saturated rings. The standard InChI is InChI=1S/C17H22FNO/c1-5-7-19-16(17-11(2)6-8-20-17)14-9-12(3)15(18)13(4)10-14/h6,8-10,16,19H,5,7H2,1-4H3. The Morgan fingerprint density at radius 3 is 2.30 bits per heavy atom. The molecule has 2 nitrogen and oxygen atoms in total. The van der Waals surface area contributed by atoms with Crippen LogP contribution in [0.4, 0.5) is 4.39 Å². The van der Waals surface area contributed by atoms with E-state index in [1.165, 1.54) is 0 Å². The van der Waals surface area contributed by atoms with Gasteiger partial charge in [-0.15, -0.1) is 0 Å². The van der Waals surface area contributed by atoms with Gasteiger partial charge >= 0.3 is 0 Å². The van der Waals surface area contributed by atoms with Gasteiger partial charge in [-0.05, 0) is 62.1 Å². The van der Waals surface area contributed by atoms with Crippen molar-refractivity contribution in [3.05, 3.63) is 58.3 Å². The normalized spacial score (nSPS) is 12.7. The second-order valence-electron chi connectivity index (χ2n) is 5.32. The van der Waals surface area contributed by atoms with Crippen LogP contribution in [-0.4, -0.2) is 6.54 Å². The van der Waals surface area contributed by atoms with Crippen LogP contribution in [0.5, 0.6) is 0 Å². The average molecular weight is 275 g/mol. The van der Waals surface area contributed by atoms with E-state index in [4.69, 9.17) is 4.42 Å². The highest BCUT2D eigenvalue weighted by molar-refractivity contribution is 5.37. The largest absolute Gasteiger partial charge is 0.467 e.